The Hall–Kier alpha value is -3.32. The number of hydrogen-bond donors (Lipinski definition) is 1. The molecule has 1 aromatic heterocycles. The first-order valence-electron chi connectivity index (χ1n) is 10.2. The Balaban J connectivity index is 2.04. The highest BCUT2D eigenvalue weighted by Crippen LogP contribution is 2.29. The topological polar surface area (TPSA) is 76.5 Å². The van der Waals surface area contributed by atoms with Gasteiger partial charge in [-0.2, -0.15) is 4.98 Å². The van der Waals surface area contributed by atoms with Gasteiger partial charge in [0.1, 0.15) is 5.60 Å². The van der Waals surface area contributed by atoms with E-state index in [2.05, 4.69) is 10.3 Å². The Bertz CT molecular complexity index is 1100. The van der Waals surface area contributed by atoms with Gasteiger partial charge in [-0.05, 0) is 50.6 Å². The fraction of sp³-hybridized carbons (Fsp3) is 0.292. The highest BCUT2D eigenvalue weighted by molar-refractivity contribution is 6.30. The maximum atomic E-state index is 13.2. The van der Waals surface area contributed by atoms with Crippen LogP contribution in [-0.4, -0.2) is 41.1 Å². The molecule has 32 heavy (non-hydrogen) atoms. The van der Waals surface area contributed by atoms with Crippen LogP contribution in [0, 0.1) is 0 Å². The van der Waals surface area contributed by atoms with E-state index in [0.717, 1.165) is 11.3 Å². The number of rotatable bonds is 6. The molecule has 0 aliphatic heterocycles. The number of carbonyl (C=O) groups is 2. The smallest absolute Gasteiger partial charge is 0.359 e. The van der Waals surface area contributed by atoms with Crippen LogP contribution in [0.4, 0.5) is 11.8 Å². The van der Waals surface area contributed by atoms with E-state index in [0.29, 0.717) is 11.0 Å². The van der Waals surface area contributed by atoms with Gasteiger partial charge < -0.3 is 15.0 Å². The second kappa shape index (κ2) is 9.44. The zero-order chi connectivity index (χ0) is 23.5. The minimum atomic E-state index is -0.717. The summed E-state index contributed by atoms with van der Waals surface area (Å²) in [7, 11) is 3.64. The highest BCUT2D eigenvalue weighted by Gasteiger charge is 2.30. The van der Waals surface area contributed by atoms with Crippen LogP contribution in [0.15, 0.2) is 54.6 Å². The zero-order valence-electron chi connectivity index (χ0n) is 18.8. The largest absolute Gasteiger partial charge is 0.455 e. The summed E-state index contributed by atoms with van der Waals surface area (Å²) in [6.07, 6.45) is 0.112. The maximum Gasteiger partial charge on any atom is 0.359 e. The second-order valence-corrected chi connectivity index (χ2v) is 8.96. The predicted molar refractivity (Wildman–Crippen MR) is 127 cm³/mol. The van der Waals surface area contributed by atoms with Crippen molar-refractivity contribution in [2.45, 2.75) is 32.8 Å². The predicted octanol–water partition coefficient (Wildman–Crippen LogP) is 4.73. The number of benzene rings is 2. The molecule has 8 heteroatoms. The van der Waals surface area contributed by atoms with Crippen molar-refractivity contribution < 1.29 is 14.3 Å². The maximum absolute atomic E-state index is 13.2. The van der Waals surface area contributed by atoms with Crippen LogP contribution in [0.3, 0.4) is 0 Å². The van der Waals surface area contributed by atoms with E-state index in [1.54, 1.807) is 54.5 Å². The Morgan fingerprint density at radius 1 is 1.06 bits per heavy atom. The van der Waals surface area contributed by atoms with Crippen LogP contribution in [0.2, 0.25) is 5.02 Å². The molecule has 0 radical (unpaired) electrons. The molecule has 0 aliphatic carbocycles. The summed E-state index contributed by atoms with van der Waals surface area (Å²) in [5, 5.41) is 3.39. The average Bonchev–Trinajstić information content (AvgIpc) is 3.08. The van der Waals surface area contributed by atoms with Crippen molar-refractivity contribution in [2.24, 2.45) is 0 Å². The first-order chi connectivity index (χ1) is 15.0. The Kier molecular flexibility index (Phi) is 6.89. The summed E-state index contributed by atoms with van der Waals surface area (Å²) in [5.74, 6) is -0.256. The molecule has 3 rings (SSSR count). The van der Waals surface area contributed by atoms with Crippen LogP contribution in [0.5, 0.6) is 0 Å². The number of halogens is 1. The standard InChI is InChI=1S/C24H27ClN4O3/c1-24(2,3)32-22(31)20-21(26-19(30)15-16-11-13-17(25)14-12-16)27-23(28(4)5)29(20)18-9-7-6-8-10-18/h6-14H,15H2,1-5H3,(H,26,30). The quantitative estimate of drug-likeness (QED) is 0.545. The molecule has 0 unspecified atom stereocenters. The van der Waals surface area contributed by atoms with Crippen LogP contribution < -0.4 is 10.2 Å². The molecule has 0 atom stereocenters. The van der Waals surface area contributed by atoms with Crippen LogP contribution in [-0.2, 0) is 16.0 Å². The van der Waals surface area contributed by atoms with Gasteiger partial charge in [0.25, 0.3) is 0 Å². The van der Waals surface area contributed by atoms with E-state index >= 15 is 0 Å². The van der Waals surface area contributed by atoms with Gasteiger partial charge in [-0.1, -0.05) is 41.9 Å². The molecule has 0 fully saturated rings. The van der Waals surface area contributed by atoms with Crippen LogP contribution in [0.1, 0.15) is 36.8 Å². The fourth-order valence-electron chi connectivity index (χ4n) is 3.10. The summed E-state index contributed by atoms with van der Waals surface area (Å²) in [4.78, 5) is 32.4. The van der Waals surface area contributed by atoms with Gasteiger partial charge in [0, 0.05) is 24.8 Å². The summed E-state index contributed by atoms with van der Waals surface area (Å²) in [5.41, 5.74) is 0.953. The van der Waals surface area contributed by atoms with Crippen LogP contribution >= 0.6 is 11.6 Å². The number of ether oxygens (including phenoxy) is 1. The minimum absolute atomic E-state index is 0.112. The number of aromatic nitrogens is 2. The number of amides is 1. The lowest BCUT2D eigenvalue weighted by atomic mass is 10.1. The molecule has 0 saturated carbocycles. The normalized spacial score (nSPS) is 11.2. The number of imidazole rings is 1. The number of para-hydroxylation sites is 1. The SMILES string of the molecule is CN(C)c1nc(NC(=O)Cc2ccc(Cl)cc2)c(C(=O)OC(C)(C)C)n1-c1ccccc1. The van der Waals surface area contributed by atoms with E-state index in [1.165, 1.54) is 0 Å². The van der Waals surface area contributed by atoms with Gasteiger partial charge in [0.2, 0.25) is 11.9 Å². The molecule has 2 aromatic carbocycles. The van der Waals surface area contributed by atoms with E-state index in [9.17, 15) is 9.59 Å². The van der Waals surface area contributed by atoms with E-state index in [-0.39, 0.29) is 23.8 Å². The first-order valence-corrected chi connectivity index (χ1v) is 10.6. The van der Waals surface area contributed by atoms with E-state index < -0.39 is 11.6 Å². The number of nitrogens with zero attached hydrogens (tertiary/aromatic N) is 3. The molecular weight excluding hydrogens is 428 g/mol. The third-order valence-corrected chi connectivity index (χ3v) is 4.65. The Morgan fingerprint density at radius 2 is 1.69 bits per heavy atom. The minimum Gasteiger partial charge on any atom is -0.455 e. The van der Waals surface area contributed by atoms with Crippen molar-refractivity contribution in [1.29, 1.82) is 0 Å². The molecule has 1 N–H and O–H groups in total. The lowest BCUT2D eigenvalue weighted by molar-refractivity contribution is -0.115. The number of hydrogen-bond acceptors (Lipinski definition) is 5. The Labute approximate surface area is 193 Å². The lowest BCUT2D eigenvalue weighted by Gasteiger charge is -2.21. The third kappa shape index (κ3) is 5.68. The molecule has 0 saturated heterocycles. The summed E-state index contributed by atoms with van der Waals surface area (Å²) in [6, 6.07) is 16.4. The number of esters is 1. The zero-order valence-corrected chi connectivity index (χ0v) is 19.6. The molecule has 0 bridgehead atoms. The molecule has 0 spiro atoms. The summed E-state index contributed by atoms with van der Waals surface area (Å²) in [6.45, 7) is 5.37. The van der Waals surface area contributed by atoms with E-state index in [4.69, 9.17) is 16.3 Å². The molecule has 1 amide bonds. The number of anilines is 2. The molecule has 168 valence electrons. The molecule has 3 aromatic rings. The lowest BCUT2D eigenvalue weighted by Crippen LogP contribution is -2.27. The van der Waals surface area contributed by atoms with Crippen molar-refractivity contribution in [2.75, 3.05) is 24.3 Å². The monoisotopic (exact) mass is 454 g/mol. The molecule has 0 aliphatic rings. The van der Waals surface area contributed by atoms with Crippen molar-refractivity contribution in [1.82, 2.24) is 9.55 Å². The fourth-order valence-corrected chi connectivity index (χ4v) is 3.22. The van der Waals surface area contributed by atoms with E-state index in [1.807, 2.05) is 44.4 Å². The third-order valence-electron chi connectivity index (χ3n) is 4.40. The van der Waals surface area contributed by atoms with Crippen LogP contribution in [0.25, 0.3) is 5.69 Å². The van der Waals surface area contributed by atoms with Crippen molar-refractivity contribution in [3.05, 3.63) is 70.9 Å². The second-order valence-electron chi connectivity index (χ2n) is 8.53. The van der Waals surface area contributed by atoms with Crippen molar-refractivity contribution in [3.63, 3.8) is 0 Å². The molecule has 1 heterocycles. The van der Waals surface area contributed by atoms with Crippen molar-refractivity contribution in [3.8, 4) is 5.69 Å². The van der Waals surface area contributed by atoms with Gasteiger partial charge >= 0.3 is 5.97 Å². The summed E-state index contributed by atoms with van der Waals surface area (Å²) < 4.78 is 7.33. The highest BCUT2D eigenvalue weighted by atomic mass is 35.5. The Morgan fingerprint density at radius 3 is 2.25 bits per heavy atom. The van der Waals surface area contributed by atoms with Gasteiger partial charge in [0.15, 0.2) is 11.5 Å². The van der Waals surface area contributed by atoms with Gasteiger partial charge in [-0.25, -0.2) is 4.79 Å². The average molecular weight is 455 g/mol. The van der Waals surface area contributed by atoms with Gasteiger partial charge in [0.05, 0.1) is 6.42 Å². The molecular formula is C24H27ClN4O3. The number of nitrogens with one attached hydrogen (secondary N) is 1. The summed E-state index contributed by atoms with van der Waals surface area (Å²) >= 11 is 5.93. The van der Waals surface area contributed by atoms with Crippen molar-refractivity contribution >= 4 is 35.2 Å². The van der Waals surface area contributed by atoms with Gasteiger partial charge in [-0.15, -0.1) is 0 Å². The van der Waals surface area contributed by atoms with Gasteiger partial charge in [-0.3, -0.25) is 9.36 Å². The first kappa shape index (κ1) is 23.3. The molecule has 7 nitrogen and oxygen atoms in total. The number of carbonyl (C=O) groups excluding carboxylic acids is 2.